The number of aromatic nitrogens is 1. The number of likely N-dealkylation sites (N-methyl/N-ethyl adjacent to an activating group) is 1. The predicted octanol–water partition coefficient (Wildman–Crippen LogP) is 1.32. The number of fused-ring (bicyclic) bond motifs is 1. The standard InChI is InChI=1S/C14H21N3O2S/c1-15-20(18,19)10-11-4-5-14-13(8-11)12(9-16-14)6-7-17(2)3/h4-5,8-9,15-16H,6-7,10H2,1-3H3/i1D3,2D3,3D3,4D,5D,6D2,8D/hD2. The molecule has 0 fully saturated rings. The summed E-state index contributed by atoms with van der Waals surface area (Å²) in [5.41, 5.74) is -1.90. The quantitative estimate of drug-likeness (QED) is 0.845. The Morgan fingerprint density at radius 2 is 2.45 bits per heavy atom. The zero-order valence-corrected chi connectivity index (χ0v) is 10.9. The highest BCUT2D eigenvalue weighted by atomic mass is 32.2. The molecule has 20 heavy (non-hydrogen) atoms. The van der Waals surface area contributed by atoms with Crippen molar-refractivity contribution in [2.75, 3.05) is 27.5 Å². The molecule has 5 nitrogen and oxygen atoms in total. The summed E-state index contributed by atoms with van der Waals surface area (Å²) in [6.07, 6.45) is -2.13. The van der Waals surface area contributed by atoms with Crippen LogP contribution in [0.4, 0.5) is 0 Å². The van der Waals surface area contributed by atoms with Crippen molar-refractivity contribution < 1.29 is 30.4 Å². The van der Waals surface area contributed by atoms with Crippen LogP contribution >= 0.6 is 0 Å². The molecule has 0 unspecified atom stereocenters. The van der Waals surface area contributed by atoms with Gasteiger partial charge in [-0.2, -0.15) is 0 Å². The molecule has 0 radical (unpaired) electrons. The first-order valence-electron chi connectivity index (χ1n) is 13.2. The molecule has 0 atom stereocenters. The van der Waals surface area contributed by atoms with Crippen LogP contribution in [0.1, 0.15) is 30.3 Å². The lowest BCUT2D eigenvalue weighted by atomic mass is 10.1. The fourth-order valence-corrected chi connectivity index (χ4v) is 2.08. The third-order valence-corrected chi connectivity index (χ3v) is 3.26. The SMILES string of the molecule is [2H]c1c(CS(=O)(=O)N([2H])C([2H])([2H])[2H])c([2H])c2c(C([2H])([2H])CN(C([2H])([2H])[2H])C([2H])([2H])[2H])cn([2H])c2c1[2H]. The van der Waals surface area contributed by atoms with Gasteiger partial charge in [0, 0.05) is 38.7 Å². The van der Waals surface area contributed by atoms with E-state index in [0.717, 1.165) is 6.20 Å². The van der Waals surface area contributed by atoms with Crippen molar-refractivity contribution in [3.05, 3.63) is 35.5 Å². The minimum Gasteiger partial charge on any atom is -0.361 e. The normalized spacial score (nSPS) is 26.9. The zero-order valence-electron chi connectivity index (χ0n) is 26.1. The zero-order chi connectivity index (χ0) is 28.4. The summed E-state index contributed by atoms with van der Waals surface area (Å²) in [6.45, 7) is -11.2. The van der Waals surface area contributed by atoms with Gasteiger partial charge in [0.05, 0.1) is 9.87 Å². The molecule has 2 rings (SSSR count). The second kappa shape index (κ2) is 5.95. The molecule has 0 aliphatic carbocycles. The largest absolute Gasteiger partial charge is 0.361 e. The Morgan fingerprint density at radius 3 is 3.20 bits per heavy atom. The van der Waals surface area contributed by atoms with E-state index >= 15 is 0 Å². The van der Waals surface area contributed by atoms with Crippen LogP contribution in [0.5, 0.6) is 0 Å². The maximum Gasteiger partial charge on any atom is 0.215 e. The number of nitrogens with zero attached hydrogens (tertiary/aromatic N) is 1. The van der Waals surface area contributed by atoms with E-state index in [1.807, 2.05) is 0 Å². The minimum atomic E-state index is -4.99. The lowest BCUT2D eigenvalue weighted by Crippen LogP contribution is -2.20. The minimum absolute atomic E-state index is 0.0864. The fraction of sp³-hybridized carbons (Fsp3) is 0.429. The molecule has 1 aromatic carbocycles. The second-order valence-electron chi connectivity index (χ2n) is 3.83. The van der Waals surface area contributed by atoms with Gasteiger partial charge in [0.15, 0.2) is 1.41 Å². The van der Waals surface area contributed by atoms with Gasteiger partial charge in [0.2, 0.25) is 10.0 Å². The highest BCUT2D eigenvalue weighted by Crippen LogP contribution is 2.21. The summed E-state index contributed by atoms with van der Waals surface area (Å²) in [5, 5.41) is -0.567. The van der Waals surface area contributed by atoms with E-state index in [2.05, 4.69) is 0 Å². The molecule has 2 N–H and O–H groups in total. The molecule has 1 heterocycles. The van der Waals surface area contributed by atoms with Crippen molar-refractivity contribution in [2.24, 2.45) is 0 Å². The van der Waals surface area contributed by atoms with Crippen LogP contribution in [0.2, 0.25) is 2.82 Å². The number of aromatic amines is 1. The van der Waals surface area contributed by atoms with E-state index in [1.54, 1.807) is 0 Å². The van der Waals surface area contributed by atoms with E-state index in [9.17, 15) is 8.42 Å². The average molecular weight is 312 g/mol. The van der Waals surface area contributed by atoms with E-state index < -0.39 is 94.5 Å². The Hall–Kier alpha value is -1.37. The summed E-state index contributed by atoms with van der Waals surface area (Å²) in [5.74, 6) is -1.39. The number of sulfonamides is 1. The van der Waals surface area contributed by atoms with Crippen LogP contribution < -0.4 is 4.72 Å². The van der Waals surface area contributed by atoms with Gasteiger partial charge in [-0.1, -0.05) is 6.04 Å². The Balaban J connectivity index is 2.80. The summed E-state index contributed by atoms with van der Waals surface area (Å²) in [6, 6.07) is -2.59. The van der Waals surface area contributed by atoms with Gasteiger partial charge in [-0.05, 0) is 50.5 Å². The highest BCUT2D eigenvalue weighted by molar-refractivity contribution is 7.88. The first-order valence-corrected chi connectivity index (χ1v) is 6.88. The number of H-pyrrole nitrogens is 1. The summed E-state index contributed by atoms with van der Waals surface area (Å²) in [4.78, 5) is 0.324. The molecule has 0 aliphatic rings. The molecular formula is C14H21N3O2S. The fourth-order valence-electron chi connectivity index (χ4n) is 1.51. The monoisotopic (exact) mass is 311 g/mol. The van der Waals surface area contributed by atoms with E-state index in [0.29, 0.717) is 4.98 Å². The molecule has 0 saturated heterocycles. The Labute approximate surface area is 142 Å². The first kappa shape index (κ1) is 4.56. The van der Waals surface area contributed by atoms with Gasteiger partial charge in [-0.15, -0.1) is 0 Å². The van der Waals surface area contributed by atoms with Crippen LogP contribution in [0.3, 0.4) is 0 Å². The van der Waals surface area contributed by atoms with Crippen molar-refractivity contribution in [3.63, 3.8) is 0 Å². The molecule has 110 valence electrons. The van der Waals surface area contributed by atoms with E-state index in [1.165, 1.54) is 0 Å². The van der Waals surface area contributed by atoms with Gasteiger partial charge >= 0.3 is 0 Å². The molecular weight excluding hydrogens is 274 g/mol. The highest BCUT2D eigenvalue weighted by Gasteiger charge is 2.11. The van der Waals surface area contributed by atoms with Gasteiger partial charge in [-0.25, -0.2) is 13.1 Å². The molecule has 2 aromatic rings. The first-order chi connectivity index (χ1) is 15.8. The number of nitrogens with one attached hydrogen (secondary N) is 2. The van der Waals surface area contributed by atoms with Crippen LogP contribution in [-0.4, -0.2) is 45.8 Å². The number of benzene rings is 1. The smallest absolute Gasteiger partial charge is 0.215 e. The maximum atomic E-state index is 12.5. The third kappa shape index (κ3) is 3.59. The van der Waals surface area contributed by atoms with Crippen molar-refractivity contribution in [2.45, 2.75) is 12.1 Å². The lowest BCUT2D eigenvalue weighted by molar-refractivity contribution is 0.414. The van der Waals surface area contributed by atoms with Gasteiger partial charge in [-0.3, -0.25) is 0 Å². The Kier molecular flexibility index (Phi) is 1.36. The van der Waals surface area contributed by atoms with Crippen molar-refractivity contribution in [1.29, 1.82) is 0 Å². The van der Waals surface area contributed by atoms with Crippen molar-refractivity contribution in [3.8, 4) is 0 Å². The molecule has 1 aromatic heterocycles. The topological polar surface area (TPSA) is 65.2 Å². The Morgan fingerprint density at radius 1 is 1.60 bits per heavy atom. The maximum absolute atomic E-state index is 12.5. The van der Waals surface area contributed by atoms with Crippen LogP contribution in [0.25, 0.3) is 10.9 Å². The number of hydrogen-bond acceptors (Lipinski definition) is 3. The molecule has 0 spiro atoms. The van der Waals surface area contributed by atoms with Crippen LogP contribution in [0, 0.1) is 0 Å². The molecule has 0 saturated carbocycles. The number of hydrogen-bond donors (Lipinski definition) is 2. The summed E-state index contributed by atoms with van der Waals surface area (Å²) < 4.78 is 147. The lowest BCUT2D eigenvalue weighted by Gasteiger charge is -2.08. The van der Waals surface area contributed by atoms with Crippen molar-refractivity contribution >= 4 is 20.9 Å². The van der Waals surface area contributed by atoms with Gasteiger partial charge in [0.25, 0.3) is 0 Å². The molecule has 0 amide bonds. The van der Waals surface area contributed by atoms with Gasteiger partial charge < -0.3 is 9.88 Å². The molecule has 6 heteroatoms. The number of rotatable bonds is 6. The molecule has 0 aliphatic heterocycles. The second-order valence-corrected chi connectivity index (χ2v) is 5.46. The summed E-state index contributed by atoms with van der Waals surface area (Å²) >= 11 is 0. The average Bonchev–Trinajstić information content (AvgIpc) is 3.03. The van der Waals surface area contributed by atoms with E-state index in [4.69, 9.17) is 22.0 Å². The molecule has 0 bridgehead atoms. The third-order valence-electron chi connectivity index (χ3n) is 2.33. The van der Waals surface area contributed by atoms with Gasteiger partial charge in [0.1, 0.15) is 1.41 Å². The summed E-state index contributed by atoms with van der Waals surface area (Å²) in [7, 11) is -4.99. The Bertz CT molecular complexity index is 1250. The van der Waals surface area contributed by atoms with Crippen molar-refractivity contribution in [1.82, 2.24) is 14.6 Å². The van der Waals surface area contributed by atoms with Crippen LogP contribution in [0.15, 0.2) is 24.3 Å². The van der Waals surface area contributed by atoms with Crippen LogP contribution in [-0.2, 0) is 22.1 Å². The van der Waals surface area contributed by atoms with E-state index in [-0.39, 0.29) is 4.90 Å². The predicted molar refractivity (Wildman–Crippen MR) is 82.2 cm³/mol.